The largest absolute Gasteiger partial charge is 0.355 e. The molecule has 2 aromatic rings. The number of halogens is 2. The maximum Gasteiger partial charge on any atom is 0.0395 e. The number of rotatable bonds is 2. The first-order valence-electron chi connectivity index (χ1n) is 4.52. The first kappa shape index (κ1) is 10.7. The van der Waals surface area contributed by atoms with Crippen LogP contribution >= 0.6 is 31.9 Å². The molecule has 0 fully saturated rings. The Bertz CT molecular complexity index is 425. The zero-order valence-corrected chi connectivity index (χ0v) is 11.0. The molecule has 0 saturated carbocycles. The summed E-state index contributed by atoms with van der Waals surface area (Å²) >= 11 is 6.88. The number of anilines is 2. The second-order valence-corrected chi connectivity index (χ2v) is 4.98. The molecule has 2 aromatic carbocycles. The van der Waals surface area contributed by atoms with Crippen LogP contribution in [0.25, 0.3) is 0 Å². The molecule has 0 saturated heterocycles. The average molecular weight is 327 g/mol. The Morgan fingerprint density at radius 2 is 1.20 bits per heavy atom. The highest BCUT2D eigenvalue weighted by Crippen LogP contribution is 2.22. The van der Waals surface area contributed by atoms with Crippen molar-refractivity contribution in [3.05, 3.63) is 57.5 Å². The van der Waals surface area contributed by atoms with Gasteiger partial charge in [0.1, 0.15) is 0 Å². The lowest BCUT2D eigenvalue weighted by Crippen LogP contribution is -1.89. The van der Waals surface area contributed by atoms with E-state index < -0.39 is 0 Å². The van der Waals surface area contributed by atoms with Gasteiger partial charge in [0.05, 0.1) is 0 Å². The van der Waals surface area contributed by atoms with Crippen LogP contribution in [0, 0.1) is 0 Å². The molecule has 1 nitrogen and oxygen atoms in total. The minimum atomic E-state index is 1.07. The van der Waals surface area contributed by atoms with Crippen LogP contribution < -0.4 is 5.32 Å². The van der Waals surface area contributed by atoms with Crippen LogP contribution in [0.4, 0.5) is 11.4 Å². The van der Waals surface area contributed by atoms with E-state index in [0.29, 0.717) is 0 Å². The van der Waals surface area contributed by atoms with Gasteiger partial charge in [0.15, 0.2) is 0 Å². The Balaban J connectivity index is 2.22. The molecule has 2 rings (SSSR count). The summed E-state index contributed by atoms with van der Waals surface area (Å²) in [5, 5.41) is 3.33. The van der Waals surface area contributed by atoms with Crippen molar-refractivity contribution in [2.24, 2.45) is 0 Å². The van der Waals surface area contributed by atoms with Gasteiger partial charge in [-0.1, -0.05) is 44.0 Å². The summed E-state index contributed by atoms with van der Waals surface area (Å²) in [6.45, 7) is 0. The van der Waals surface area contributed by atoms with E-state index in [9.17, 15) is 0 Å². The first-order valence-corrected chi connectivity index (χ1v) is 6.11. The molecule has 0 radical (unpaired) electrons. The quantitative estimate of drug-likeness (QED) is 0.822. The van der Waals surface area contributed by atoms with Crippen molar-refractivity contribution < 1.29 is 0 Å². The molecule has 0 amide bonds. The molecule has 1 N–H and O–H groups in total. The standard InChI is InChI=1S/C12H9Br2N/c13-9-3-1-5-11(7-9)15-12-6-2-4-10(14)8-12/h1-8,15H. The zero-order chi connectivity index (χ0) is 10.7. The Labute approximate surface area is 106 Å². The molecular formula is C12H9Br2N. The fraction of sp³-hybridized carbons (Fsp3) is 0. The molecule has 0 atom stereocenters. The van der Waals surface area contributed by atoms with E-state index >= 15 is 0 Å². The molecular weight excluding hydrogens is 318 g/mol. The van der Waals surface area contributed by atoms with Gasteiger partial charge < -0.3 is 5.32 Å². The summed E-state index contributed by atoms with van der Waals surface area (Å²) in [5.74, 6) is 0. The molecule has 0 aliphatic heterocycles. The maximum atomic E-state index is 3.44. The van der Waals surface area contributed by atoms with E-state index in [1.165, 1.54) is 0 Å². The third kappa shape index (κ3) is 3.08. The SMILES string of the molecule is Brc1cccc(Nc2cccc(Br)c2)c1. The zero-order valence-electron chi connectivity index (χ0n) is 7.87. The second kappa shape index (κ2) is 4.81. The number of hydrogen-bond acceptors (Lipinski definition) is 1. The van der Waals surface area contributed by atoms with Crippen molar-refractivity contribution >= 4 is 43.2 Å². The van der Waals surface area contributed by atoms with Crippen molar-refractivity contribution in [2.45, 2.75) is 0 Å². The number of nitrogens with one attached hydrogen (secondary N) is 1. The summed E-state index contributed by atoms with van der Waals surface area (Å²) in [5.41, 5.74) is 2.14. The van der Waals surface area contributed by atoms with Gasteiger partial charge in [-0.3, -0.25) is 0 Å². The highest BCUT2D eigenvalue weighted by atomic mass is 79.9. The van der Waals surface area contributed by atoms with Crippen LogP contribution in [-0.2, 0) is 0 Å². The van der Waals surface area contributed by atoms with Crippen molar-refractivity contribution in [2.75, 3.05) is 5.32 Å². The average Bonchev–Trinajstić information content (AvgIpc) is 2.17. The minimum Gasteiger partial charge on any atom is -0.355 e. The van der Waals surface area contributed by atoms with Gasteiger partial charge >= 0.3 is 0 Å². The van der Waals surface area contributed by atoms with E-state index in [1.54, 1.807) is 0 Å². The molecule has 0 heterocycles. The van der Waals surface area contributed by atoms with Crippen molar-refractivity contribution in [3.8, 4) is 0 Å². The van der Waals surface area contributed by atoms with Gasteiger partial charge in [0.2, 0.25) is 0 Å². The van der Waals surface area contributed by atoms with E-state index in [-0.39, 0.29) is 0 Å². The fourth-order valence-electron chi connectivity index (χ4n) is 1.30. The second-order valence-electron chi connectivity index (χ2n) is 3.15. The first-order chi connectivity index (χ1) is 7.24. The van der Waals surface area contributed by atoms with Crippen LogP contribution in [0.5, 0.6) is 0 Å². The molecule has 76 valence electrons. The molecule has 15 heavy (non-hydrogen) atoms. The molecule has 0 bridgehead atoms. The fourth-order valence-corrected chi connectivity index (χ4v) is 2.10. The Hall–Kier alpha value is -0.800. The Morgan fingerprint density at radius 3 is 1.60 bits per heavy atom. The monoisotopic (exact) mass is 325 g/mol. The van der Waals surface area contributed by atoms with Crippen LogP contribution in [-0.4, -0.2) is 0 Å². The molecule has 0 aliphatic carbocycles. The summed E-state index contributed by atoms with van der Waals surface area (Å²) < 4.78 is 2.14. The Kier molecular flexibility index (Phi) is 3.44. The van der Waals surface area contributed by atoms with Crippen molar-refractivity contribution in [1.29, 1.82) is 0 Å². The highest BCUT2D eigenvalue weighted by Gasteiger charge is 1.95. The van der Waals surface area contributed by atoms with Crippen LogP contribution in [0.3, 0.4) is 0 Å². The lowest BCUT2D eigenvalue weighted by Gasteiger charge is -2.06. The smallest absolute Gasteiger partial charge is 0.0395 e. The predicted molar refractivity (Wildman–Crippen MR) is 71.6 cm³/mol. The lowest BCUT2D eigenvalue weighted by molar-refractivity contribution is 1.52. The van der Waals surface area contributed by atoms with Gasteiger partial charge in [-0.15, -0.1) is 0 Å². The molecule has 0 aliphatic rings. The van der Waals surface area contributed by atoms with E-state index in [1.807, 2.05) is 48.5 Å². The Morgan fingerprint density at radius 1 is 0.733 bits per heavy atom. The predicted octanol–water partition coefficient (Wildman–Crippen LogP) is 4.96. The van der Waals surface area contributed by atoms with Crippen molar-refractivity contribution in [3.63, 3.8) is 0 Å². The van der Waals surface area contributed by atoms with Gasteiger partial charge in [-0.2, -0.15) is 0 Å². The molecule has 0 unspecified atom stereocenters. The summed E-state index contributed by atoms with van der Waals surface area (Å²) in [4.78, 5) is 0. The van der Waals surface area contributed by atoms with Crippen LogP contribution in [0.2, 0.25) is 0 Å². The minimum absolute atomic E-state index is 1.07. The van der Waals surface area contributed by atoms with Crippen LogP contribution in [0.1, 0.15) is 0 Å². The summed E-state index contributed by atoms with van der Waals surface area (Å²) in [7, 11) is 0. The normalized spacial score (nSPS) is 10.0. The number of hydrogen-bond donors (Lipinski definition) is 1. The van der Waals surface area contributed by atoms with Crippen LogP contribution in [0.15, 0.2) is 57.5 Å². The van der Waals surface area contributed by atoms with Gasteiger partial charge in [0, 0.05) is 20.3 Å². The van der Waals surface area contributed by atoms with Gasteiger partial charge in [0.25, 0.3) is 0 Å². The van der Waals surface area contributed by atoms with E-state index in [0.717, 1.165) is 20.3 Å². The topological polar surface area (TPSA) is 12.0 Å². The van der Waals surface area contributed by atoms with E-state index in [2.05, 4.69) is 37.2 Å². The van der Waals surface area contributed by atoms with Gasteiger partial charge in [-0.25, -0.2) is 0 Å². The lowest BCUT2D eigenvalue weighted by atomic mass is 10.3. The summed E-state index contributed by atoms with van der Waals surface area (Å²) in [6.07, 6.45) is 0. The third-order valence-electron chi connectivity index (χ3n) is 1.94. The summed E-state index contributed by atoms with van der Waals surface area (Å²) in [6, 6.07) is 16.2. The molecule has 0 aromatic heterocycles. The number of benzene rings is 2. The maximum absolute atomic E-state index is 3.44. The van der Waals surface area contributed by atoms with Gasteiger partial charge in [-0.05, 0) is 36.4 Å². The third-order valence-corrected chi connectivity index (χ3v) is 2.92. The highest BCUT2D eigenvalue weighted by molar-refractivity contribution is 9.10. The van der Waals surface area contributed by atoms with E-state index in [4.69, 9.17) is 0 Å². The molecule has 0 spiro atoms. The molecule has 3 heteroatoms. The van der Waals surface area contributed by atoms with Crippen molar-refractivity contribution in [1.82, 2.24) is 0 Å².